The third-order valence-corrected chi connectivity index (χ3v) is 4.96. The molecule has 0 bridgehead atoms. The van der Waals surface area contributed by atoms with Gasteiger partial charge in [0.25, 0.3) is 0 Å². The lowest BCUT2D eigenvalue weighted by molar-refractivity contribution is 0.437. The Kier molecular flexibility index (Phi) is 4.61. The molecular weight excluding hydrogens is 260 g/mol. The van der Waals surface area contributed by atoms with Crippen LogP contribution in [0.15, 0.2) is 12.3 Å². The molecule has 2 saturated heterocycles. The molecule has 2 fully saturated rings. The summed E-state index contributed by atoms with van der Waals surface area (Å²) in [6.07, 6.45) is 9.65. The van der Waals surface area contributed by atoms with Crippen molar-refractivity contribution < 1.29 is 0 Å². The lowest BCUT2D eigenvalue weighted by Crippen LogP contribution is -2.41. The van der Waals surface area contributed by atoms with Crippen LogP contribution >= 0.6 is 0 Å². The largest absolute Gasteiger partial charge is 0.356 e. The molecule has 0 aliphatic carbocycles. The number of anilines is 2. The summed E-state index contributed by atoms with van der Waals surface area (Å²) in [5.41, 5.74) is 0. The summed E-state index contributed by atoms with van der Waals surface area (Å²) in [6.45, 7) is 8.00. The number of nitrogens with zero attached hydrogens (tertiary/aromatic N) is 4. The normalized spacial score (nSPS) is 27.0. The first kappa shape index (κ1) is 14.6. The van der Waals surface area contributed by atoms with Gasteiger partial charge in [0.15, 0.2) is 0 Å². The van der Waals surface area contributed by atoms with Gasteiger partial charge in [0.1, 0.15) is 5.82 Å². The van der Waals surface area contributed by atoms with Crippen LogP contribution in [0, 0.1) is 5.92 Å². The fraction of sp³-hybridized carbons (Fsp3) is 0.765. The summed E-state index contributed by atoms with van der Waals surface area (Å²) in [5.74, 6) is 2.83. The number of rotatable bonds is 3. The van der Waals surface area contributed by atoms with Crippen LogP contribution in [0.5, 0.6) is 0 Å². The highest BCUT2D eigenvalue weighted by molar-refractivity contribution is 5.45. The molecule has 21 heavy (non-hydrogen) atoms. The van der Waals surface area contributed by atoms with Gasteiger partial charge >= 0.3 is 0 Å². The smallest absolute Gasteiger partial charge is 0.227 e. The summed E-state index contributed by atoms with van der Waals surface area (Å²) in [5, 5.41) is 0. The maximum Gasteiger partial charge on any atom is 0.227 e. The van der Waals surface area contributed by atoms with Crippen molar-refractivity contribution in [2.24, 2.45) is 5.92 Å². The zero-order valence-corrected chi connectivity index (χ0v) is 13.5. The first-order valence-corrected chi connectivity index (χ1v) is 8.62. The standard InChI is InChI=1S/C17H28N4/c1-3-15-8-4-5-12-21(15)17-18-10-9-16(19-17)20-11-6-7-14(2)13-20/h9-10,14-15H,3-8,11-13H2,1-2H3. The third kappa shape index (κ3) is 3.30. The summed E-state index contributed by atoms with van der Waals surface area (Å²) >= 11 is 0. The van der Waals surface area contributed by atoms with E-state index >= 15 is 0 Å². The molecule has 3 heterocycles. The zero-order valence-electron chi connectivity index (χ0n) is 13.5. The van der Waals surface area contributed by atoms with E-state index in [-0.39, 0.29) is 0 Å². The van der Waals surface area contributed by atoms with Crippen LogP contribution in [0.4, 0.5) is 11.8 Å². The Morgan fingerprint density at radius 1 is 1.19 bits per heavy atom. The molecule has 0 amide bonds. The van der Waals surface area contributed by atoms with Gasteiger partial charge in [0.05, 0.1) is 0 Å². The highest BCUT2D eigenvalue weighted by atomic mass is 15.3. The van der Waals surface area contributed by atoms with Crippen LogP contribution in [0.25, 0.3) is 0 Å². The first-order chi connectivity index (χ1) is 10.3. The number of piperidine rings is 2. The summed E-state index contributed by atoms with van der Waals surface area (Å²) in [4.78, 5) is 14.3. The van der Waals surface area contributed by atoms with Crippen LogP contribution in [0.3, 0.4) is 0 Å². The summed E-state index contributed by atoms with van der Waals surface area (Å²) in [6, 6.07) is 2.70. The molecule has 0 spiro atoms. The lowest BCUT2D eigenvalue weighted by atomic mass is 10.0. The van der Waals surface area contributed by atoms with Crippen LogP contribution in [0.1, 0.15) is 52.4 Å². The SMILES string of the molecule is CCC1CCCCN1c1nccc(N2CCCC(C)C2)n1. The molecule has 4 nitrogen and oxygen atoms in total. The molecule has 1 aromatic heterocycles. The van der Waals surface area contributed by atoms with Crippen molar-refractivity contribution in [2.45, 2.75) is 58.4 Å². The van der Waals surface area contributed by atoms with Crippen molar-refractivity contribution in [3.8, 4) is 0 Å². The minimum absolute atomic E-state index is 0.620. The van der Waals surface area contributed by atoms with E-state index < -0.39 is 0 Å². The molecule has 3 rings (SSSR count). The molecule has 2 unspecified atom stereocenters. The van der Waals surface area contributed by atoms with Crippen molar-refractivity contribution in [1.29, 1.82) is 0 Å². The summed E-state index contributed by atoms with van der Waals surface area (Å²) < 4.78 is 0. The van der Waals surface area contributed by atoms with Gasteiger partial charge in [0.2, 0.25) is 5.95 Å². The Bertz CT molecular complexity index is 462. The van der Waals surface area contributed by atoms with Crippen LogP contribution in [-0.4, -0.2) is 35.6 Å². The molecule has 116 valence electrons. The van der Waals surface area contributed by atoms with Crippen molar-refractivity contribution in [3.63, 3.8) is 0 Å². The molecule has 0 radical (unpaired) electrons. The van der Waals surface area contributed by atoms with Gasteiger partial charge in [-0.1, -0.05) is 13.8 Å². The van der Waals surface area contributed by atoms with Crippen molar-refractivity contribution in [1.82, 2.24) is 9.97 Å². The second-order valence-electron chi connectivity index (χ2n) is 6.66. The molecule has 4 heteroatoms. The van der Waals surface area contributed by atoms with Gasteiger partial charge in [-0.3, -0.25) is 0 Å². The van der Waals surface area contributed by atoms with E-state index in [4.69, 9.17) is 4.98 Å². The molecular formula is C17H28N4. The van der Waals surface area contributed by atoms with E-state index in [0.717, 1.165) is 37.3 Å². The fourth-order valence-corrected chi connectivity index (χ4v) is 3.74. The zero-order chi connectivity index (χ0) is 14.7. The van der Waals surface area contributed by atoms with Crippen molar-refractivity contribution in [2.75, 3.05) is 29.4 Å². The Labute approximate surface area is 128 Å². The van der Waals surface area contributed by atoms with E-state index in [1.165, 1.54) is 38.5 Å². The van der Waals surface area contributed by atoms with E-state index in [1.807, 2.05) is 6.20 Å². The maximum atomic E-state index is 4.89. The molecule has 0 aromatic carbocycles. The molecule has 2 aliphatic rings. The number of hydrogen-bond acceptors (Lipinski definition) is 4. The topological polar surface area (TPSA) is 32.3 Å². The Morgan fingerprint density at radius 3 is 2.90 bits per heavy atom. The number of aromatic nitrogens is 2. The fourth-order valence-electron chi connectivity index (χ4n) is 3.74. The highest BCUT2D eigenvalue weighted by Crippen LogP contribution is 2.26. The van der Waals surface area contributed by atoms with Crippen molar-refractivity contribution in [3.05, 3.63) is 12.3 Å². The van der Waals surface area contributed by atoms with E-state index in [9.17, 15) is 0 Å². The molecule has 0 saturated carbocycles. The second kappa shape index (κ2) is 6.63. The predicted molar refractivity (Wildman–Crippen MR) is 87.9 cm³/mol. The molecule has 1 aromatic rings. The molecule has 0 N–H and O–H groups in total. The molecule has 2 atom stereocenters. The van der Waals surface area contributed by atoms with E-state index in [1.54, 1.807) is 0 Å². The average molecular weight is 288 g/mol. The van der Waals surface area contributed by atoms with Crippen LogP contribution in [-0.2, 0) is 0 Å². The van der Waals surface area contributed by atoms with Crippen LogP contribution in [0.2, 0.25) is 0 Å². The van der Waals surface area contributed by atoms with Crippen LogP contribution < -0.4 is 9.80 Å². The second-order valence-corrected chi connectivity index (χ2v) is 6.66. The first-order valence-electron chi connectivity index (χ1n) is 8.62. The Hall–Kier alpha value is -1.32. The van der Waals surface area contributed by atoms with Gasteiger partial charge in [-0.2, -0.15) is 4.98 Å². The predicted octanol–water partition coefficient (Wildman–Crippen LogP) is 3.48. The maximum absolute atomic E-state index is 4.89. The minimum Gasteiger partial charge on any atom is -0.356 e. The monoisotopic (exact) mass is 288 g/mol. The summed E-state index contributed by atoms with van der Waals surface area (Å²) in [7, 11) is 0. The third-order valence-electron chi connectivity index (χ3n) is 4.96. The van der Waals surface area contributed by atoms with E-state index in [2.05, 4.69) is 34.7 Å². The average Bonchev–Trinajstić information content (AvgIpc) is 2.55. The van der Waals surface area contributed by atoms with E-state index in [0.29, 0.717) is 6.04 Å². The quantitative estimate of drug-likeness (QED) is 0.852. The lowest BCUT2D eigenvalue weighted by Gasteiger charge is -2.36. The minimum atomic E-state index is 0.620. The Balaban J connectivity index is 1.78. The van der Waals surface area contributed by atoms with Gasteiger partial charge < -0.3 is 9.80 Å². The molecule has 2 aliphatic heterocycles. The van der Waals surface area contributed by atoms with Crippen molar-refractivity contribution >= 4 is 11.8 Å². The van der Waals surface area contributed by atoms with Gasteiger partial charge in [-0.25, -0.2) is 4.98 Å². The van der Waals surface area contributed by atoms with Gasteiger partial charge in [-0.15, -0.1) is 0 Å². The highest BCUT2D eigenvalue weighted by Gasteiger charge is 2.24. The van der Waals surface area contributed by atoms with Gasteiger partial charge in [-0.05, 0) is 50.5 Å². The Morgan fingerprint density at radius 2 is 2.10 bits per heavy atom. The van der Waals surface area contributed by atoms with Gasteiger partial charge in [0, 0.05) is 31.9 Å². The number of hydrogen-bond donors (Lipinski definition) is 0.